The van der Waals surface area contributed by atoms with Crippen LogP contribution in [0.4, 0.5) is 0 Å². The van der Waals surface area contributed by atoms with E-state index in [0.29, 0.717) is 29.5 Å². The number of aryl methyl sites for hydroxylation is 1. The maximum absolute atomic E-state index is 14.7. The van der Waals surface area contributed by atoms with Gasteiger partial charge in [-0.3, -0.25) is 9.59 Å². The largest absolute Gasteiger partial charge is 0.361 e. The predicted octanol–water partition coefficient (Wildman–Crippen LogP) is 6.51. The van der Waals surface area contributed by atoms with Gasteiger partial charge < -0.3 is 15.6 Å². The third-order valence-corrected chi connectivity index (χ3v) is 11.1. The quantitative estimate of drug-likeness (QED) is 0.372. The SMILES string of the molecule is CNC(C)C(=O)NC(C(=O)C1CCC2C(C(C)C)CC(c3c[nH]c4cc(C)ccc34)C12C)C1CCCCC1. The van der Waals surface area contributed by atoms with Crippen molar-refractivity contribution in [3.8, 4) is 0 Å². The molecule has 0 bridgehead atoms. The van der Waals surface area contributed by atoms with Crippen molar-refractivity contribution in [3.63, 3.8) is 0 Å². The molecule has 3 saturated carbocycles. The first-order chi connectivity index (χ1) is 18.2. The highest BCUT2D eigenvalue weighted by Crippen LogP contribution is 2.67. The van der Waals surface area contributed by atoms with Gasteiger partial charge in [-0.05, 0) is 105 Å². The molecule has 5 nitrogen and oxygen atoms in total. The number of hydrogen-bond acceptors (Lipinski definition) is 3. The highest BCUT2D eigenvalue weighted by Gasteiger charge is 2.62. The van der Waals surface area contributed by atoms with Crippen LogP contribution in [-0.2, 0) is 9.59 Å². The Bertz CT molecular complexity index is 1160. The van der Waals surface area contributed by atoms with E-state index in [1.807, 2.05) is 14.0 Å². The predicted molar refractivity (Wildman–Crippen MR) is 155 cm³/mol. The number of likely N-dealkylation sites (N-methyl/N-ethyl adjacent to an activating group) is 1. The molecule has 0 aliphatic heterocycles. The molecule has 1 aromatic carbocycles. The molecule has 208 valence electrons. The van der Waals surface area contributed by atoms with Crippen LogP contribution in [0.25, 0.3) is 10.9 Å². The molecule has 5 rings (SSSR count). The smallest absolute Gasteiger partial charge is 0.237 e. The number of fused-ring (bicyclic) bond motifs is 2. The monoisotopic (exact) mass is 519 g/mol. The maximum Gasteiger partial charge on any atom is 0.237 e. The molecular formula is C33H49N3O2. The minimum Gasteiger partial charge on any atom is -0.361 e. The minimum atomic E-state index is -0.372. The number of ketones is 1. The first-order valence-electron chi connectivity index (χ1n) is 15.3. The number of carbonyl (C=O) groups is 2. The number of aromatic nitrogens is 1. The molecule has 3 N–H and O–H groups in total. The third kappa shape index (κ3) is 4.63. The number of benzene rings is 1. The molecule has 0 saturated heterocycles. The van der Waals surface area contributed by atoms with Gasteiger partial charge >= 0.3 is 0 Å². The van der Waals surface area contributed by atoms with Crippen molar-refractivity contribution in [1.29, 1.82) is 0 Å². The van der Waals surface area contributed by atoms with Crippen molar-refractivity contribution in [2.24, 2.45) is 35.0 Å². The molecule has 3 aliphatic rings. The second kappa shape index (κ2) is 10.8. The van der Waals surface area contributed by atoms with Crippen LogP contribution in [0.5, 0.6) is 0 Å². The van der Waals surface area contributed by atoms with Gasteiger partial charge in [0.2, 0.25) is 5.91 Å². The maximum atomic E-state index is 14.7. The lowest BCUT2D eigenvalue weighted by molar-refractivity contribution is -0.135. The average Bonchev–Trinajstić information content (AvgIpc) is 3.56. The Kier molecular flexibility index (Phi) is 7.79. The van der Waals surface area contributed by atoms with Crippen molar-refractivity contribution in [1.82, 2.24) is 15.6 Å². The lowest BCUT2D eigenvalue weighted by Gasteiger charge is -2.41. The molecule has 3 aliphatic carbocycles. The minimum absolute atomic E-state index is 0.0197. The fourth-order valence-electron chi connectivity index (χ4n) is 8.81. The van der Waals surface area contributed by atoms with Crippen LogP contribution >= 0.6 is 0 Å². The Labute approximate surface area is 229 Å². The van der Waals surface area contributed by atoms with Crippen LogP contribution in [0.15, 0.2) is 24.4 Å². The van der Waals surface area contributed by atoms with Gasteiger partial charge in [-0.15, -0.1) is 0 Å². The highest BCUT2D eigenvalue weighted by molar-refractivity contribution is 5.93. The van der Waals surface area contributed by atoms with Gasteiger partial charge in [0.1, 0.15) is 0 Å². The number of carbonyl (C=O) groups excluding carboxylic acids is 2. The molecule has 3 fully saturated rings. The van der Waals surface area contributed by atoms with E-state index in [1.54, 1.807) is 0 Å². The van der Waals surface area contributed by atoms with Crippen LogP contribution in [0.2, 0.25) is 0 Å². The molecule has 38 heavy (non-hydrogen) atoms. The number of hydrogen-bond donors (Lipinski definition) is 3. The van der Waals surface area contributed by atoms with Crippen LogP contribution in [0, 0.1) is 41.9 Å². The zero-order valence-electron chi connectivity index (χ0n) is 24.4. The van der Waals surface area contributed by atoms with E-state index in [2.05, 4.69) is 67.7 Å². The first kappa shape index (κ1) is 27.4. The summed E-state index contributed by atoms with van der Waals surface area (Å²) in [4.78, 5) is 31.3. The van der Waals surface area contributed by atoms with Crippen molar-refractivity contribution in [2.75, 3.05) is 7.05 Å². The molecule has 1 amide bonds. The molecule has 7 unspecified atom stereocenters. The van der Waals surface area contributed by atoms with Crippen molar-refractivity contribution < 1.29 is 9.59 Å². The van der Waals surface area contributed by atoms with E-state index >= 15 is 0 Å². The number of nitrogens with one attached hydrogen (secondary N) is 3. The summed E-state index contributed by atoms with van der Waals surface area (Å²) in [6.45, 7) is 11.2. The van der Waals surface area contributed by atoms with Gasteiger partial charge in [0.25, 0.3) is 0 Å². The lowest BCUT2D eigenvalue weighted by atomic mass is 9.63. The first-order valence-corrected chi connectivity index (χ1v) is 15.3. The Hall–Kier alpha value is -2.14. The van der Waals surface area contributed by atoms with Crippen molar-refractivity contribution in [2.45, 2.75) is 104 Å². The van der Waals surface area contributed by atoms with Crippen molar-refractivity contribution in [3.05, 3.63) is 35.5 Å². The summed E-state index contributed by atoms with van der Waals surface area (Å²) in [6.07, 6.45) is 11.1. The summed E-state index contributed by atoms with van der Waals surface area (Å²) in [6, 6.07) is 6.04. The summed E-state index contributed by atoms with van der Waals surface area (Å²) in [5, 5.41) is 7.65. The summed E-state index contributed by atoms with van der Waals surface area (Å²) in [5.74, 6) is 2.58. The second-order valence-corrected chi connectivity index (χ2v) is 13.4. The van der Waals surface area contributed by atoms with Gasteiger partial charge in [-0.2, -0.15) is 0 Å². The van der Waals surface area contributed by atoms with Crippen LogP contribution in [0.1, 0.15) is 96.1 Å². The fraction of sp³-hybridized carbons (Fsp3) is 0.697. The van der Waals surface area contributed by atoms with E-state index < -0.39 is 0 Å². The summed E-state index contributed by atoms with van der Waals surface area (Å²) >= 11 is 0. The van der Waals surface area contributed by atoms with E-state index in [4.69, 9.17) is 0 Å². The van der Waals surface area contributed by atoms with Crippen LogP contribution < -0.4 is 10.6 Å². The zero-order chi connectivity index (χ0) is 27.2. The lowest BCUT2D eigenvalue weighted by Crippen LogP contribution is -2.54. The van der Waals surface area contributed by atoms with E-state index in [9.17, 15) is 9.59 Å². The summed E-state index contributed by atoms with van der Waals surface area (Å²) in [5.41, 5.74) is 3.75. The van der Waals surface area contributed by atoms with E-state index in [-0.39, 0.29) is 35.2 Å². The third-order valence-electron chi connectivity index (χ3n) is 11.1. The number of rotatable bonds is 8. The van der Waals surface area contributed by atoms with Gasteiger partial charge in [0, 0.05) is 23.0 Å². The topological polar surface area (TPSA) is 74.0 Å². The Morgan fingerprint density at radius 3 is 2.47 bits per heavy atom. The fourth-order valence-corrected chi connectivity index (χ4v) is 8.81. The molecule has 0 spiro atoms. The Morgan fingerprint density at radius 2 is 1.79 bits per heavy atom. The molecule has 7 atom stereocenters. The Balaban J connectivity index is 1.53. The molecule has 1 aromatic heterocycles. The van der Waals surface area contributed by atoms with Gasteiger partial charge in [-0.25, -0.2) is 0 Å². The van der Waals surface area contributed by atoms with Crippen LogP contribution in [-0.4, -0.2) is 35.8 Å². The molecule has 1 heterocycles. The van der Waals surface area contributed by atoms with Crippen LogP contribution in [0.3, 0.4) is 0 Å². The average molecular weight is 520 g/mol. The van der Waals surface area contributed by atoms with Gasteiger partial charge in [-0.1, -0.05) is 52.2 Å². The van der Waals surface area contributed by atoms with E-state index in [0.717, 1.165) is 44.9 Å². The van der Waals surface area contributed by atoms with Gasteiger partial charge in [0.15, 0.2) is 5.78 Å². The van der Waals surface area contributed by atoms with Crippen molar-refractivity contribution >= 4 is 22.6 Å². The second-order valence-electron chi connectivity index (χ2n) is 13.4. The molecule has 2 aromatic rings. The number of amides is 1. The number of H-pyrrole nitrogens is 1. The van der Waals surface area contributed by atoms with E-state index in [1.165, 1.54) is 28.5 Å². The summed E-state index contributed by atoms with van der Waals surface area (Å²) in [7, 11) is 1.81. The highest BCUT2D eigenvalue weighted by atomic mass is 16.2. The standard InChI is InChI=1S/C33H49N3O2/c1-19(2)24-17-28(25-18-35-29-16-20(3)12-13-23(25)29)33(5)26(24)14-15-27(33)31(37)30(22-10-8-7-9-11-22)36-32(38)21(4)34-6/h12-13,16,18-19,21-22,24,26-28,30,34-35H,7-11,14-15,17H2,1-6H3,(H,36,38). The molecule has 5 heteroatoms. The van der Waals surface area contributed by atoms with Gasteiger partial charge in [0.05, 0.1) is 12.1 Å². The Morgan fingerprint density at radius 1 is 1.05 bits per heavy atom. The molecule has 0 radical (unpaired) electrons. The number of aromatic amines is 1. The summed E-state index contributed by atoms with van der Waals surface area (Å²) < 4.78 is 0. The molecular weight excluding hydrogens is 470 g/mol. The normalized spacial score (nSPS) is 31.4. The zero-order valence-corrected chi connectivity index (χ0v) is 24.4. The number of Topliss-reactive ketones (excluding diaryl/α,β-unsaturated/α-hetero) is 1.